The molecule has 0 aromatic heterocycles. The van der Waals surface area contributed by atoms with Crippen LogP contribution < -0.4 is 0 Å². The molecule has 3 aliphatic rings. The maximum absolute atomic E-state index is 2.36. The highest BCUT2D eigenvalue weighted by molar-refractivity contribution is 5.89. The zero-order chi connectivity index (χ0) is 11.9. The van der Waals surface area contributed by atoms with E-state index in [1.807, 2.05) is 0 Å². The van der Waals surface area contributed by atoms with Gasteiger partial charge in [-0.15, -0.1) is 0 Å². The van der Waals surface area contributed by atoms with Crippen LogP contribution in [-0.4, -0.2) is 0 Å². The molecule has 18 heavy (non-hydrogen) atoms. The maximum atomic E-state index is 2.36. The molecule has 0 amide bonds. The number of allylic oxidation sites excluding steroid dienone is 8. The van der Waals surface area contributed by atoms with E-state index in [-0.39, 0.29) is 0 Å². The van der Waals surface area contributed by atoms with Crippen LogP contribution in [0.25, 0.3) is 11.1 Å². The highest BCUT2D eigenvalue weighted by atomic mass is 14.4. The highest BCUT2D eigenvalue weighted by Gasteiger charge is 2.39. The fraction of sp³-hybridized carbons (Fsp3) is 0.167. The summed E-state index contributed by atoms with van der Waals surface area (Å²) >= 11 is 0. The lowest BCUT2D eigenvalue weighted by molar-refractivity contribution is 0.578. The first-order chi connectivity index (χ1) is 8.95. The number of fused-ring (bicyclic) bond motifs is 6. The number of hydrogen-bond donors (Lipinski definition) is 0. The van der Waals surface area contributed by atoms with Crippen molar-refractivity contribution in [2.45, 2.75) is 6.42 Å². The average Bonchev–Trinajstić information content (AvgIpc) is 2.48. The summed E-state index contributed by atoms with van der Waals surface area (Å²) in [4.78, 5) is 0. The third-order valence-electron chi connectivity index (χ3n) is 4.25. The van der Waals surface area contributed by atoms with E-state index in [0.717, 1.165) is 6.42 Å². The maximum Gasteiger partial charge on any atom is 0.0974 e. The zero-order valence-corrected chi connectivity index (χ0v) is 10.2. The second-order valence-corrected chi connectivity index (χ2v) is 5.16. The van der Waals surface area contributed by atoms with Crippen LogP contribution in [0, 0.1) is 18.3 Å². The van der Waals surface area contributed by atoms with Crippen LogP contribution in [0.2, 0.25) is 0 Å². The van der Waals surface area contributed by atoms with Crippen molar-refractivity contribution in [3.05, 3.63) is 78.3 Å². The van der Waals surface area contributed by atoms with E-state index in [4.69, 9.17) is 0 Å². The van der Waals surface area contributed by atoms with Gasteiger partial charge in [-0.25, -0.2) is 0 Å². The van der Waals surface area contributed by atoms with Gasteiger partial charge in [0.2, 0.25) is 0 Å². The van der Waals surface area contributed by atoms with Gasteiger partial charge in [0, 0.05) is 30.1 Å². The van der Waals surface area contributed by atoms with Crippen molar-refractivity contribution in [2.75, 3.05) is 0 Å². The van der Waals surface area contributed by atoms with Gasteiger partial charge in [0.25, 0.3) is 0 Å². The Morgan fingerprint density at radius 3 is 2.78 bits per heavy atom. The molecule has 0 aliphatic heterocycles. The fourth-order valence-corrected chi connectivity index (χ4v) is 3.44. The van der Waals surface area contributed by atoms with Crippen LogP contribution in [0.5, 0.6) is 0 Å². The predicted octanol–water partition coefficient (Wildman–Crippen LogP) is 4.43. The molecule has 2 unspecified atom stereocenters. The molecule has 4 rings (SSSR count). The Morgan fingerprint density at radius 1 is 1.06 bits per heavy atom. The Balaban J connectivity index is 1.99. The van der Waals surface area contributed by atoms with Crippen molar-refractivity contribution in [1.82, 2.24) is 0 Å². The minimum Gasteiger partial charge on any atom is -0.0838 e. The van der Waals surface area contributed by atoms with E-state index in [1.165, 1.54) is 22.3 Å². The van der Waals surface area contributed by atoms with Crippen molar-refractivity contribution < 1.29 is 0 Å². The van der Waals surface area contributed by atoms with Gasteiger partial charge in [-0.05, 0) is 23.6 Å². The van der Waals surface area contributed by atoms with Crippen LogP contribution in [0.3, 0.4) is 0 Å². The molecule has 0 heterocycles. The molecule has 0 radical (unpaired) electrons. The van der Waals surface area contributed by atoms with Gasteiger partial charge in [-0.3, -0.25) is 0 Å². The second kappa shape index (κ2) is 3.78. The number of benzene rings is 1. The normalized spacial score (nSPS) is 27.3. The van der Waals surface area contributed by atoms with Gasteiger partial charge < -0.3 is 0 Å². The van der Waals surface area contributed by atoms with E-state index in [2.05, 4.69) is 67.1 Å². The molecule has 86 valence electrons. The summed E-state index contributed by atoms with van der Waals surface area (Å²) in [5.41, 5.74) is 5.85. The van der Waals surface area contributed by atoms with Gasteiger partial charge >= 0.3 is 0 Å². The molecule has 0 bridgehead atoms. The highest BCUT2D eigenvalue weighted by Crippen LogP contribution is 2.49. The topological polar surface area (TPSA) is 0 Å². The molecule has 3 aliphatic carbocycles. The first-order valence-electron chi connectivity index (χ1n) is 6.63. The molecule has 0 nitrogen and oxygen atoms in total. The lowest BCUT2D eigenvalue weighted by Gasteiger charge is -2.33. The molecular formula is C18H15+. The molecule has 0 heteroatoms. The van der Waals surface area contributed by atoms with E-state index >= 15 is 0 Å². The molecule has 0 saturated carbocycles. The summed E-state index contributed by atoms with van der Waals surface area (Å²) in [5.74, 6) is 1.18. The quantitative estimate of drug-likeness (QED) is 0.579. The first-order valence-corrected chi connectivity index (χ1v) is 6.63. The van der Waals surface area contributed by atoms with Crippen molar-refractivity contribution in [3.63, 3.8) is 0 Å². The third kappa shape index (κ3) is 1.29. The summed E-state index contributed by atoms with van der Waals surface area (Å²) in [6.07, 6.45) is 17.0. The smallest absolute Gasteiger partial charge is 0.0838 e. The van der Waals surface area contributed by atoms with E-state index < -0.39 is 0 Å². The molecule has 1 aromatic rings. The lowest BCUT2D eigenvalue weighted by Crippen LogP contribution is -2.24. The van der Waals surface area contributed by atoms with Crippen LogP contribution in [0.15, 0.2) is 60.7 Å². The van der Waals surface area contributed by atoms with Gasteiger partial charge in [-0.2, -0.15) is 0 Å². The van der Waals surface area contributed by atoms with Crippen molar-refractivity contribution >= 4 is 11.1 Å². The van der Waals surface area contributed by atoms with Crippen molar-refractivity contribution in [1.29, 1.82) is 0 Å². The first kappa shape index (κ1) is 10.0. The summed E-state index contributed by atoms with van der Waals surface area (Å²) in [6, 6.07) is 8.83. The lowest BCUT2D eigenvalue weighted by atomic mass is 9.66. The van der Waals surface area contributed by atoms with Crippen LogP contribution in [-0.2, 0) is 0 Å². The molecular weight excluding hydrogens is 216 g/mol. The van der Waals surface area contributed by atoms with E-state index in [1.54, 1.807) is 0 Å². The summed E-state index contributed by atoms with van der Waals surface area (Å²) < 4.78 is 0. The van der Waals surface area contributed by atoms with Crippen molar-refractivity contribution in [2.24, 2.45) is 11.8 Å². The molecule has 0 saturated heterocycles. The Morgan fingerprint density at radius 2 is 1.89 bits per heavy atom. The SMILES string of the molecule is C1=CCC2C(=C1)c1ccccc1C1=C[CH+]C=CC12. The molecule has 0 N–H and O–H groups in total. The van der Waals surface area contributed by atoms with E-state index in [0.29, 0.717) is 11.8 Å². The molecule has 0 fully saturated rings. The molecule has 1 aromatic carbocycles. The molecule has 0 spiro atoms. The summed E-state index contributed by atoms with van der Waals surface area (Å²) in [5, 5.41) is 0. The van der Waals surface area contributed by atoms with Gasteiger partial charge in [0.15, 0.2) is 0 Å². The van der Waals surface area contributed by atoms with Crippen LogP contribution >= 0.6 is 0 Å². The molecule has 2 atom stereocenters. The second-order valence-electron chi connectivity index (χ2n) is 5.16. The van der Waals surface area contributed by atoms with Gasteiger partial charge in [0.1, 0.15) is 0 Å². The van der Waals surface area contributed by atoms with E-state index in [9.17, 15) is 0 Å². The fourth-order valence-electron chi connectivity index (χ4n) is 3.44. The average molecular weight is 231 g/mol. The Labute approximate surface area is 108 Å². The van der Waals surface area contributed by atoms with Crippen molar-refractivity contribution in [3.8, 4) is 0 Å². The minimum atomic E-state index is 0.557. The Hall–Kier alpha value is -1.95. The summed E-state index contributed by atoms with van der Waals surface area (Å²) in [6.45, 7) is 0. The number of hydrogen-bond acceptors (Lipinski definition) is 0. The van der Waals surface area contributed by atoms with Gasteiger partial charge in [0.05, 0.1) is 17.6 Å². The Kier molecular flexibility index (Phi) is 2.10. The Bertz CT molecular complexity index is 611. The van der Waals surface area contributed by atoms with Crippen LogP contribution in [0.1, 0.15) is 17.5 Å². The zero-order valence-electron chi connectivity index (χ0n) is 10.2. The number of rotatable bonds is 0. The largest absolute Gasteiger partial charge is 0.0974 e. The van der Waals surface area contributed by atoms with Crippen LogP contribution in [0.4, 0.5) is 0 Å². The van der Waals surface area contributed by atoms with Gasteiger partial charge in [-0.1, -0.05) is 36.4 Å². The monoisotopic (exact) mass is 231 g/mol. The summed E-state index contributed by atoms with van der Waals surface area (Å²) in [7, 11) is 0. The third-order valence-corrected chi connectivity index (χ3v) is 4.25. The standard InChI is InChI=1S/C18H15/c1-2-8-14-13(7-1)15-9-3-4-11-17(15)18-12-6-5-10-16(14)18/h1-11,17-18H,12H2/q+1. The minimum absolute atomic E-state index is 0.557. The predicted molar refractivity (Wildman–Crippen MR) is 76.6 cm³/mol.